The van der Waals surface area contributed by atoms with Gasteiger partial charge in [0.15, 0.2) is 5.84 Å². The molecule has 0 heterocycles. The zero-order valence-electron chi connectivity index (χ0n) is 10.5. The lowest BCUT2D eigenvalue weighted by Gasteiger charge is -2.10. The summed E-state index contributed by atoms with van der Waals surface area (Å²) in [5, 5.41) is 14.5. The maximum absolute atomic E-state index is 13.9. The lowest BCUT2D eigenvalue weighted by atomic mass is 10.1. The Balaban J connectivity index is 2.13. The van der Waals surface area contributed by atoms with Gasteiger partial charge >= 0.3 is 0 Å². The molecular weight excluding hydrogens is 325 g/mol. The summed E-state index contributed by atoms with van der Waals surface area (Å²) in [6.45, 7) is 0.338. The number of amidine groups is 1. The van der Waals surface area contributed by atoms with E-state index in [4.69, 9.17) is 10.9 Å². The third-order valence-corrected chi connectivity index (χ3v) is 3.49. The summed E-state index contributed by atoms with van der Waals surface area (Å²) in [5.74, 6) is -0.525. The Kier molecular flexibility index (Phi) is 4.57. The van der Waals surface area contributed by atoms with Crippen LogP contribution in [0.25, 0.3) is 0 Å². The van der Waals surface area contributed by atoms with Crippen LogP contribution in [0.4, 0.5) is 10.1 Å². The number of halogens is 2. The van der Waals surface area contributed by atoms with Crippen molar-refractivity contribution in [1.82, 2.24) is 0 Å². The minimum Gasteiger partial charge on any atom is -0.409 e. The van der Waals surface area contributed by atoms with Gasteiger partial charge in [0.05, 0.1) is 0 Å². The summed E-state index contributed by atoms with van der Waals surface area (Å²) in [6, 6.07) is 12.0. The maximum Gasteiger partial charge on any atom is 0.170 e. The van der Waals surface area contributed by atoms with Crippen molar-refractivity contribution in [2.75, 3.05) is 5.32 Å². The Morgan fingerprint density at radius 3 is 2.70 bits per heavy atom. The van der Waals surface area contributed by atoms with Crippen LogP contribution in [-0.2, 0) is 6.54 Å². The molecule has 0 aliphatic heterocycles. The number of nitrogens with zero attached hydrogens (tertiary/aromatic N) is 1. The highest BCUT2D eigenvalue weighted by atomic mass is 79.9. The Morgan fingerprint density at radius 1 is 1.30 bits per heavy atom. The van der Waals surface area contributed by atoms with Crippen molar-refractivity contribution >= 4 is 27.5 Å². The highest BCUT2D eigenvalue weighted by Crippen LogP contribution is 2.22. The second-order valence-electron chi connectivity index (χ2n) is 4.12. The van der Waals surface area contributed by atoms with Crippen LogP contribution in [0.5, 0.6) is 0 Å². The van der Waals surface area contributed by atoms with Crippen molar-refractivity contribution in [3.05, 3.63) is 63.9 Å². The predicted molar refractivity (Wildman–Crippen MR) is 80.4 cm³/mol. The minimum atomic E-state index is -0.409. The molecule has 2 aromatic carbocycles. The van der Waals surface area contributed by atoms with Crippen molar-refractivity contribution in [3.63, 3.8) is 0 Å². The monoisotopic (exact) mass is 337 g/mol. The highest BCUT2D eigenvalue weighted by molar-refractivity contribution is 9.10. The maximum atomic E-state index is 13.9. The second kappa shape index (κ2) is 6.38. The fraction of sp³-hybridized carbons (Fsp3) is 0.0714. The molecule has 0 radical (unpaired) electrons. The van der Waals surface area contributed by atoms with E-state index in [1.165, 1.54) is 6.07 Å². The van der Waals surface area contributed by atoms with E-state index in [9.17, 15) is 4.39 Å². The first-order valence-electron chi connectivity index (χ1n) is 5.86. The van der Waals surface area contributed by atoms with Crippen molar-refractivity contribution in [2.24, 2.45) is 10.9 Å². The molecule has 0 aromatic heterocycles. The zero-order valence-corrected chi connectivity index (χ0v) is 12.1. The molecule has 0 aliphatic carbocycles. The summed E-state index contributed by atoms with van der Waals surface area (Å²) < 4.78 is 14.8. The molecule has 2 aromatic rings. The third-order valence-electron chi connectivity index (χ3n) is 2.80. The zero-order chi connectivity index (χ0) is 14.5. The minimum absolute atomic E-state index is 0.116. The first-order chi connectivity index (χ1) is 9.61. The van der Waals surface area contributed by atoms with E-state index in [0.717, 1.165) is 10.2 Å². The summed E-state index contributed by atoms with van der Waals surface area (Å²) in [7, 11) is 0. The number of hydrogen-bond acceptors (Lipinski definition) is 3. The number of nitrogens with two attached hydrogens (primary N) is 1. The largest absolute Gasteiger partial charge is 0.409 e. The second-order valence-corrected chi connectivity index (χ2v) is 4.98. The standard InChI is InChI=1S/C14H13BrFN3O/c15-11-3-1-2-4-13(11)18-8-10-6-5-9(7-12(10)16)14(17)19-20/h1-7,18,20H,8H2,(H2,17,19). The molecule has 2 rings (SSSR count). The molecule has 0 fully saturated rings. The topological polar surface area (TPSA) is 70.6 Å². The average molecular weight is 338 g/mol. The quantitative estimate of drug-likeness (QED) is 0.347. The van der Waals surface area contributed by atoms with Gasteiger partial charge in [0.1, 0.15) is 5.82 Å². The van der Waals surface area contributed by atoms with Gasteiger partial charge in [-0.2, -0.15) is 0 Å². The molecule has 6 heteroatoms. The summed E-state index contributed by atoms with van der Waals surface area (Å²) in [4.78, 5) is 0. The Labute approximate surface area is 124 Å². The molecule has 0 saturated heterocycles. The fourth-order valence-corrected chi connectivity index (χ4v) is 2.13. The number of oxime groups is 1. The van der Waals surface area contributed by atoms with Gasteiger partial charge in [0, 0.05) is 27.8 Å². The number of nitrogens with one attached hydrogen (secondary N) is 1. The normalized spacial score (nSPS) is 11.4. The van der Waals surface area contributed by atoms with Crippen molar-refractivity contribution in [3.8, 4) is 0 Å². The molecule has 0 amide bonds. The number of hydrogen-bond donors (Lipinski definition) is 3. The van der Waals surface area contributed by atoms with Gasteiger partial charge in [0.25, 0.3) is 0 Å². The van der Waals surface area contributed by atoms with Crippen LogP contribution in [0, 0.1) is 5.82 Å². The van der Waals surface area contributed by atoms with Crippen molar-refractivity contribution in [1.29, 1.82) is 0 Å². The van der Waals surface area contributed by atoms with Crippen LogP contribution in [-0.4, -0.2) is 11.0 Å². The molecule has 20 heavy (non-hydrogen) atoms. The molecule has 0 unspecified atom stereocenters. The average Bonchev–Trinajstić information content (AvgIpc) is 2.46. The van der Waals surface area contributed by atoms with E-state index in [1.807, 2.05) is 24.3 Å². The Morgan fingerprint density at radius 2 is 2.05 bits per heavy atom. The number of rotatable bonds is 4. The van der Waals surface area contributed by atoms with Gasteiger partial charge in [0.2, 0.25) is 0 Å². The van der Waals surface area contributed by atoms with E-state index >= 15 is 0 Å². The van der Waals surface area contributed by atoms with Crippen LogP contribution in [0.15, 0.2) is 52.1 Å². The highest BCUT2D eigenvalue weighted by Gasteiger charge is 2.07. The smallest absolute Gasteiger partial charge is 0.170 e. The number of anilines is 1. The van der Waals surface area contributed by atoms with Gasteiger partial charge in [-0.05, 0) is 34.1 Å². The molecule has 0 atom stereocenters. The molecule has 4 N–H and O–H groups in total. The molecule has 0 bridgehead atoms. The van der Waals surface area contributed by atoms with Crippen molar-refractivity contribution < 1.29 is 9.60 Å². The SMILES string of the molecule is NC(=NO)c1ccc(CNc2ccccc2Br)c(F)c1. The van der Waals surface area contributed by atoms with E-state index in [-0.39, 0.29) is 5.84 Å². The lowest BCUT2D eigenvalue weighted by Crippen LogP contribution is -2.14. The van der Waals surface area contributed by atoms with E-state index in [1.54, 1.807) is 12.1 Å². The third kappa shape index (κ3) is 3.27. The molecule has 104 valence electrons. The summed E-state index contributed by atoms with van der Waals surface area (Å²) >= 11 is 3.41. The first kappa shape index (κ1) is 14.3. The molecular formula is C14H13BrFN3O. The summed E-state index contributed by atoms with van der Waals surface area (Å²) in [6.07, 6.45) is 0. The molecule has 4 nitrogen and oxygen atoms in total. The van der Waals surface area contributed by atoms with Crippen LogP contribution in [0.2, 0.25) is 0 Å². The molecule has 0 aliphatic rings. The van der Waals surface area contributed by atoms with E-state index in [0.29, 0.717) is 17.7 Å². The van der Waals surface area contributed by atoms with Crippen LogP contribution in [0.3, 0.4) is 0 Å². The Bertz CT molecular complexity index is 646. The van der Waals surface area contributed by atoms with Crippen LogP contribution >= 0.6 is 15.9 Å². The van der Waals surface area contributed by atoms with Crippen LogP contribution in [0.1, 0.15) is 11.1 Å². The fourth-order valence-electron chi connectivity index (χ4n) is 1.70. The molecule has 0 saturated carbocycles. The van der Waals surface area contributed by atoms with E-state index < -0.39 is 5.82 Å². The van der Waals surface area contributed by atoms with Gasteiger partial charge in [-0.3, -0.25) is 0 Å². The lowest BCUT2D eigenvalue weighted by molar-refractivity contribution is 0.318. The van der Waals surface area contributed by atoms with Gasteiger partial charge in [-0.25, -0.2) is 4.39 Å². The molecule has 0 spiro atoms. The van der Waals surface area contributed by atoms with Gasteiger partial charge in [-0.15, -0.1) is 0 Å². The van der Waals surface area contributed by atoms with Gasteiger partial charge < -0.3 is 16.3 Å². The van der Waals surface area contributed by atoms with Gasteiger partial charge in [-0.1, -0.05) is 29.4 Å². The Hall–Kier alpha value is -2.08. The number of benzene rings is 2. The number of para-hydroxylation sites is 1. The predicted octanol–water partition coefficient (Wildman–Crippen LogP) is 3.29. The summed E-state index contributed by atoms with van der Waals surface area (Å²) in [5.41, 5.74) is 7.13. The van der Waals surface area contributed by atoms with E-state index in [2.05, 4.69) is 26.4 Å². The van der Waals surface area contributed by atoms with Crippen molar-refractivity contribution in [2.45, 2.75) is 6.54 Å². The first-order valence-corrected chi connectivity index (χ1v) is 6.66. The van der Waals surface area contributed by atoms with Crippen LogP contribution < -0.4 is 11.1 Å².